The summed E-state index contributed by atoms with van der Waals surface area (Å²) in [4.78, 5) is 73.4. The van der Waals surface area contributed by atoms with Crippen LogP contribution >= 0.6 is 0 Å². The van der Waals surface area contributed by atoms with Crippen LogP contribution in [0.1, 0.15) is 0 Å². The highest BCUT2D eigenvalue weighted by atomic mass is 15.0. The average molecular weight is 1090 g/mol. The van der Waals surface area contributed by atoms with Crippen molar-refractivity contribution in [1.82, 2.24) is 42.5 Å². The molecule has 14 rings (SSSR count). The molecule has 14 aliphatic heterocycles. The van der Waals surface area contributed by atoms with Crippen LogP contribution in [0.25, 0.3) is 0 Å². The van der Waals surface area contributed by atoms with Crippen molar-refractivity contribution in [3.63, 3.8) is 0 Å². The van der Waals surface area contributed by atoms with Crippen molar-refractivity contribution in [2.24, 2.45) is 79.9 Å². The molecule has 24 heteroatoms. The van der Waals surface area contributed by atoms with Gasteiger partial charge >= 0.3 is 0 Å². The van der Waals surface area contributed by atoms with Crippen molar-refractivity contribution in [3.05, 3.63) is 94.2 Å². The van der Waals surface area contributed by atoms with Crippen LogP contribution in [0.2, 0.25) is 0 Å². The molecular weight excluding hydrogens is 1010 g/mol. The Hall–Kier alpha value is -8.96. The van der Waals surface area contributed by atoms with E-state index >= 15 is 0 Å². The lowest BCUT2D eigenvalue weighted by atomic mass is 10.3. The third-order valence-corrected chi connectivity index (χ3v) is 10.5. The van der Waals surface area contributed by atoms with Crippen molar-refractivity contribution < 1.29 is 0 Å². The largest absolute Gasteiger partial charge is 0.389 e. The van der Waals surface area contributed by atoms with Crippen LogP contribution in [-0.4, -0.2) is 257 Å². The highest BCUT2D eigenvalue weighted by molar-refractivity contribution is 6.07. The molecule has 0 aromatic carbocycles. The van der Waals surface area contributed by atoms with E-state index in [9.17, 15) is 0 Å². The van der Waals surface area contributed by atoms with Crippen LogP contribution in [0.3, 0.4) is 0 Å². The van der Waals surface area contributed by atoms with Gasteiger partial charge in [-0.1, -0.05) is 0 Å². The topological polar surface area (TPSA) is 294 Å². The first-order valence-electron chi connectivity index (χ1n) is 27.3. The Morgan fingerprint density at radius 1 is 0.150 bits per heavy atom. The van der Waals surface area contributed by atoms with E-state index in [2.05, 4.69) is 122 Å². The Morgan fingerprint density at radius 3 is 0.325 bits per heavy atom. The molecule has 0 saturated heterocycles. The maximum Gasteiger partial charge on any atom is 0.0585 e. The first kappa shape index (κ1) is 61.9. The van der Waals surface area contributed by atoms with E-state index in [0.29, 0.717) is 157 Å². The van der Waals surface area contributed by atoms with Gasteiger partial charge in [-0.05, 0) is 0 Å². The van der Waals surface area contributed by atoms with Crippen molar-refractivity contribution in [2.45, 2.75) is 0 Å². The molecule has 424 valence electrons. The fraction of sp³-hybridized carbons (Fsp3) is 0.429. The molecule has 0 spiro atoms. The fourth-order valence-corrected chi connectivity index (χ4v) is 6.60. The first-order chi connectivity index (χ1) is 39.8. The van der Waals surface area contributed by atoms with Gasteiger partial charge < -0.3 is 42.5 Å². The third-order valence-electron chi connectivity index (χ3n) is 10.5. The summed E-state index contributed by atoms with van der Waals surface area (Å²) in [7, 11) is 0. The van der Waals surface area contributed by atoms with Crippen LogP contribution in [0.5, 0.6) is 0 Å². The fourth-order valence-electron chi connectivity index (χ4n) is 6.60. The zero-order valence-corrected chi connectivity index (χ0v) is 46.0. The standard InChI is InChI=1S/C56H80N24/c1-2-58-26-50-28-60-4-3-59-27-49(25-57-1)41-73-17-18-75-43-51-29-61-5-7-65-33-53(34-66-8-6-62-30-51)45-77-21-22-79-47-55-37-69-13-15-71-39-56(40-72-16-14-70-38-55)48-80-24-23-78-46-54-35-67-11-9-63-31-52(32-64-10-12-68-36-54)44-76-20-19-74-42-50/h25-48,73-80H,1-24H2. The van der Waals surface area contributed by atoms with E-state index in [1.54, 1.807) is 0 Å². The summed E-state index contributed by atoms with van der Waals surface area (Å²) in [6.45, 7) is 13.9. The van der Waals surface area contributed by atoms with Crippen molar-refractivity contribution >= 4 is 99.4 Å². The van der Waals surface area contributed by atoms with Gasteiger partial charge in [-0.15, -0.1) is 0 Å². The molecule has 0 aliphatic carbocycles. The summed E-state index contributed by atoms with van der Waals surface area (Å²) in [5, 5.41) is 26.8. The Bertz CT molecular complexity index is 1930. The highest BCUT2D eigenvalue weighted by Gasteiger charge is 1.99. The molecule has 8 N–H and O–H groups in total. The molecule has 80 heavy (non-hydrogen) atoms. The van der Waals surface area contributed by atoms with E-state index in [1.807, 2.05) is 149 Å². The number of aliphatic imine (C=N–C) groups is 16. The van der Waals surface area contributed by atoms with Gasteiger partial charge in [0.05, 0.1) is 105 Å². The van der Waals surface area contributed by atoms with Crippen molar-refractivity contribution in [1.29, 1.82) is 0 Å². The Balaban J connectivity index is 1.21. The molecular formula is C56H80N24. The molecule has 0 amide bonds. The zero-order chi connectivity index (χ0) is 55.5. The molecule has 0 aromatic rings. The molecule has 0 saturated carbocycles. The summed E-state index contributed by atoms with van der Waals surface area (Å²) in [5.74, 6) is 0. The van der Waals surface area contributed by atoms with Gasteiger partial charge in [0.25, 0.3) is 0 Å². The second-order valence-electron chi connectivity index (χ2n) is 17.4. The Morgan fingerprint density at radius 2 is 0.237 bits per heavy atom. The molecule has 0 unspecified atom stereocenters. The quantitative estimate of drug-likeness (QED) is 0.173. The minimum Gasteiger partial charge on any atom is -0.389 e. The van der Waals surface area contributed by atoms with E-state index in [1.165, 1.54) is 0 Å². The number of hydrogen-bond donors (Lipinski definition) is 8. The molecule has 0 atom stereocenters. The maximum absolute atomic E-state index is 4.59. The summed E-state index contributed by atoms with van der Waals surface area (Å²) < 4.78 is 0. The minimum absolute atomic E-state index is 0.533. The maximum atomic E-state index is 4.59. The summed E-state index contributed by atoms with van der Waals surface area (Å²) in [6.07, 6.45) is 44.3. The lowest BCUT2D eigenvalue weighted by Crippen LogP contribution is -2.22. The normalized spacial score (nSPS) is 20.4. The second-order valence-corrected chi connectivity index (χ2v) is 17.4. The smallest absolute Gasteiger partial charge is 0.0585 e. The summed E-state index contributed by atoms with van der Waals surface area (Å²) >= 11 is 0. The van der Waals surface area contributed by atoms with Gasteiger partial charge in [-0.25, -0.2) is 0 Å². The molecule has 14 heterocycles. The lowest BCUT2D eigenvalue weighted by Gasteiger charge is -2.05. The highest BCUT2D eigenvalue weighted by Crippen LogP contribution is 1.96. The summed E-state index contributed by atoms with van der Waals surface area (Å²) in [6, 6.07) is 0. The molecule has 24 nitrogen and oxygen atoms in total. The van der Waals surface area contributed by atoms with Crippen LogP contribution in [0.15, 0.2) is 174 Å². The Labute approximate surface area is 471 Å². The van der Waals surface area contributed by atoms with Gasteiger partial charge in [0.1, 0.15) is 0 Å². The van der Waals surface area contributed by atoms with Gasteiger partial charge in [0, 0.05) is 246 Å². The monoisotopic (exact) mass is 1090 g/mol. The number of allylic oxidation sites excluding steroid dienone is 8. The first-order valence-corrected chi connectivity index (χ1v) is 27.3. The summed E-state index contributed by atoms with van der Waals surface area (Å²) in [5.41, 5.74) is 6.87. The minimum atomic E-state index is 0.533. The second kappa shape index (κ2) is 44.1. The number of nitrogens with one attached hydrogen (secondary N) is 8. The van der Waals surface area contributed by atoms with Gasteiger partial charge in [0.2, 0.25) is 0 Å². The van der Waals surface area contributed by atoms with Gasteiger partial charge in [0.15, 0.2) is 0 Å². The molecule has 0 fully saturated rings. The van der Waals surface area contributed by atoms with E-state index in [-0.39, 0.29) is 0 Å². The van der Waals surface area contributed by atoms with Crippen LogP contribution in [0, 0.1) is 0 Å². The van der Waals surface area contributed by atoms with E-state index in [0.717, 1.165) is 44.6 Å². The number of hydrogen-bond acceptors (Lipinski definition) is 24. The van der Waals surface area contributed by atoms with E-state index in [4.69, 9.17) is 0 Å². The lowest BCUT2D eigenvalue weighted by molar-refractivity contribution is 0.765. The molecule has 8 bridgehead atoms. The molecule has 0 radical (unpaired) electrons. The SMILES string of the molecule is C1=NCCN=CC2=CNCCNC=C3C=NCCN=CC(=CNCCNC=C4C=NCCN=CC(=CNCCNC=C5C=NCCN=CC(=CNCCNC=C1C=NCCN=C2)C=NCCN=C5)C=NCCN=C4)C=NCCN=C3. The van der Waals surface area contributed by atoms with Crippen molar-refractivity contribution in [3.8, 4) is 0 Å². The van der Waals surface area contributed by atoms with Gasteiger partial charge in [-0.2, -0.15) is 0 Å². The van der Waals surface area contributed by atoms with E-state index < -0.39 is 0 Å². The predicted molar refractivity (Wildman–Crippen MR) is 342 cm³/mol. The van der Waals surface area contributed by atoms with Gasteiger partial charge in [-0.3, -0.25) is 79.9 Å². The van der Waals surface area contributed by atoms with Crippen LogP contribution in [0.4, 0.5) is 0 Å². The van der Waals surface area contributed by atoms with Crippen LogP contribution < -0.4 is 42.5 Å². The Kier molecular flexibility index (Phi) is 34.1. The third kappa shape index (κ3) is 32.6. The molecule has 0 aromatic heterocycles. The van der Waals surface area contributed by atoms with Crippen molar-refractivity contribution in [2.75, 3.05) is 157 Å². The number of rotatable bonds is 0. The predicted octanol–water partition coefficient (Wildman–Crippen LogP) is 0.975. The number of nitrogens with zero attached hydrogens (tertiary/aromatic N) is 16. The zero-order valence-electron chi connectivity index (χ0n) is 46.0. The average Bonchev–Trinajstić information content (AvgIpc) is 3.46. The van der Waals surface area contributed by atoms with Crippen LogP contribution in [-0.2, 0) is 0 Å². The molecule has 14 aliphatic rings.